The number of nitriles is 1. The second-order valence-electron chi connectivity index (χ2n) is 10.2. The number of piperazine rings is 1. The summed E-state index contributed by atoms with van der Waals surface area (Å²) in [6.07, 6.45) is 2.20. The van der Waals surface area contributed by atoms with Crippen LogP contribution in [0.3, 0.4) is 0 Å². The van der Waals surface area contributed by atoms with Crippen LogP contribution in [0.25, 0.3) is 5.65 Å². The number of urea groups is 1. The third kappa shape index (κ3) is 4.43. The molecule has 2 aromatic heterocycles. The summed E-state index contributed by atoms with van der Waals surface area (Å²) >= 11 is 0. The molecule has 13 heteroatoms. The van der Waals surface area contributed by atoms with Gasteiger partial charge in [0, 0.05) is 32.7 Å². The smallest absolute Gasteiger partial charge is 0.336 e. The van der Waals surface area contributed by atoms with E-state index in [4.69, 9.17) is 0 Å². The number of amides is 4. The number of nitrogens with one attached hydrogen (secondary N) is 2. The lowest BCUT2D eigenvalue weighted by molar-refractivity contribution is -0.157. The van der Waals surface area contributed by atoms with Gasteiger partial charge in [-0.2, -0.15) is 24.8 Å². The maximum absolute atomic E-state index is 13.3. The van der Waals surface area contributed by atoms with Gasteiger partial charge in [0.15, 0.2) is 5.65 Å². The molecule has 4 amide bonds. The average Bonchev–Trinajstić information content (AvgIpc) is 3.28. The fraction of sp³-hybridized carbons (Fsp3) is 0.591. The van der Waals surface area contributed by atoms with Gasteiger partial charge in [-0.3, -0.25) is 14.6 Å². The van der Waals surface area contributed by atoms with Crippen LogP contribution in [0.15, 0.2) is 12.3 Å². The van der Waals surface area contributed by atoms with Crippen molar-refractivity contribution in [1.29, 1.82) is 5.26 Å². The summed E-state index contributed by atoms with van der Waals surface area (Å²) in [5, 5.41) is 18.0. The van der Waals surface area contributed by atoms with Crippen LogP contribution < -0.4 is 15.8 Å². The molecule has 0 radical (unpaired) electrons. The normalized spacial score (nSPS) is 20.1. The van der Waals surface area contributed by atoms with Crippen LogP contribution in [0.4, 0.5) is 10.7 Å². The van der Waals surface area contributed by atoms with E-state index in [9.17, 15) is 19.6 Å². The molecule has 0 bridgehead atoms. The maximum Gasteiger partial charge on any atom is 0.336 e. The summed E-state index contributed by atoms with van der Waals surface area (Å²) in [5.41, 5.74) is 2.14. The average molecular weight is 483 g/mol. The van der Waals surface area contributed by atoms with Crippen molar-refractivity contribution in [3.05, 3.63) is 18.1 Å². The second-order valence-corrected chi connectivity index (χ2v) is 10.2. The molecular formula is C22H30N10O3. The number of anilines is 1. The highest BCUT2D eigenvalue weighted by molar-refractivity contribution is 5.99. The molecule has 1 spiro atoms. The lowest BCUT2D eigenvalue weighted by atomic mass is 9.82. The first-order chi connectivity index (χ1) is 16.4. The Hall–Kier alpha value is -3.95. The van der Waals surface area contributed by atoms with E-state index in [1.165, 1.54) is 9.42 Å². The third-order valence-corrected chi connectivity index (χ3v) is 6.43. The van der Waals surface area contributed by atoms with E-state index < -0.39 is 11.6 Å². The summed E-state index contributed by atoms with van der Waals surface area (Å²) in [6.45, 7) is 8.66. The molecule has 4 rings (SSSR count). The zero-order valence-electron chi connectivity index (χ0n) is 20.6. The predicted molar refractivity (Wildman–Crippen MR) is 125 cm³/mol. The number of carbonyl (C=O) groups excluding carboxylic acids is 3. The molecule has 0 aliphatic carbocycles. The predicted octanol–water partition coefficient (Wildman–Crippen LogP) is 0.284. The number of nitrogens with zero attached hydrogens (tertiary/aromatic N) is 8. The Morgan fingerprint density at radius 3 is 2.63 bits per heavy atom. The third-order valence-electron chi connectivity index (χ3n) is 6.43. The number of likely N-dealkylation sites (N-methyl/N-ethyl adjacent to an activating group) is 1. The first kappa shape index (κ1) is 24.2. The van der Waals surface area contributed by atoms with Crippen molar-refractivity contribution in [2.24, 2.45) is 5.41 Å². The van der Waals surface area contributed by atoms with Crippen LogP contribution in [-0.2, 0) is 9.59 Å². The molecule has 0 saturated carbocycles. The van der Waals surface area contributed by atoms with E-state index >= 15 is 0 Å². The summed E-state index contributed by atoms with van der Waals surface area (Å²) in [6, 6.07) is 2.67. The number of likely N-dealkylation sites (tertiary alicyclic amines) is 1. The zero-order valence-corrected chi connectivity index (χ0v) is 20.6. The molecule has 2 aliphatic heterocycles. The Morgan fingerprint density at radius 1 is 1.31 bits per heavy atom. The highest BCUT2D eigenvalue weighted by Gasteiger charge is 2.51. The molecule has 4 heterocycles. The summed E-state index contributed by atoms with van der Waals surface area (Å²) in [5.74, 6) is -0.0997. The fourth-order valence-corrected chi connectivity index (χ4v) is 4.54. The molecular weight excluding hydrogens is 452 g/mol. The van der Waals surface area contributed by atoms with E-state index in [0.717, 1.165) is 0 Å². The molecule has 2 aromatic rings. The second kappa shape index (κ2) is 8.68. The van der Waals surface area contributed by atoms with Gasteiger partial charge in [-0.15, -0.1) is 0 Å². The lowest BCUT2D eigenvalue weighted by Crippen LogP contribution is -2.71. The van der Waals surface area contributed by atoms with Crippen molar-refractivity contribution in [1.82, 2.24) is 40.1 Å². The number of aromatic nitrogens is 4. The summed E-state index contributed by atoms with van der Waals surface area (Å²) in [4.78, 5) is 50.2. The highest BCUT2D eigenvalue weighted by atomic mass is 16.2. The first-order valence-corrected chi connectivity index (χ1v) is 11.5. The minimum absolute atomic E-state index is 0.0358. The van der Waals surface area contributed by atoms with Crippen LogP contribution in [0.5, 0.6) is 0 Å². The monoisotopic (exact) mass is 482 g/mol. The Labute approximate surface area is 203 Å². The van der Waals surface area contributed by atoms with E-state index in [2.05, 4.69) is 25.8 Å². The van der Waals surface area contributed by atoms with Crippen LogP contribution in [0, 0.1) is 16.7 Å². The SMILES string of the molecule is CC1NC(=O)C2(CCN(C(=O)NN(CC(C)(C)C)c3nc(C#N)nc4ccnn34)CC2)N(C)C1=O. The highest BCUT2D eigenvalue weighted by Crippen LogP contribution is 2.32. The van der Waals surface area contributed by atoms with Gasteiger partial charge >= 0.3 is 6.03 Å². The molecule has 2 N–H and O–H groups in total. The van der Waals surface area contributed by atoms with Crippen molar-refractivity contribution < 1.29 is 14.4 Å². The summed E-state index contributed by atoms with van der Waals surface area (Å²) in [7, 11) is 1.65. The molecule has 13 nitrogen and oxygen atoms in total. The van der Waals surface area contributed by atoms with E-state index in [0.29, 0.717) is 38.1 Å². The number of hydrogen-bond acceptors (Lipinski definition) is 8. The summed E-state index contributed by atoms with van der Waals surface area (Å²) < 4.78 is 1.46. The standard InChI is InChI=1S/C22H30N10O3/c1-14-17(33)29(5)22(18(34)25-14)7-10-30(11-8-22)20(35)28-31(13-21(2,3)4)19-27-15(12-23)26-16-6-9-24-32(16)19/h6,9,14H,7-8,10-11,13H2,1-5H3,(H,25,34)(H,28,35). The van der Waals surface area contributed by atoms with Gasteiger partial charge in [-0.1, -0.05) is 20.8 Å². The van der Waals surface area contributed by atoms with Gasteiger partial charge in [-0.25, -0.2) is 10.2 Å². The van der Waals surface area contributed by atoms with Crippen molar-refractivity contribution in [3.8, 4) is 6.07 Å². The molecule has 2 fully saturated rings. The van der Waals surface area contributed by atoms with Gasteiger partial charge in [-0.05, 0) is 25.2 Å². The number of rotatable bonds is 3. The Morgan fingerprint density at radius 2 is 2.00 bits per heavy atom. The Kier molecular flexibility index (Phi) is 6.00. The topological polar surface area (TPSA) is 152 Å². The van der Waals surface area contributed by atoms with E-state index in [1.54, 1.807) is 36.1 Å². The van der Waals surface area contributed by atoms with Crippen LogP contribution in [0.2, 0.25) is 0 Å². The van der Waals surface area contributed by atoms with Gasteiger partial charge < -0.3 is 15.1 Å². The first-order valence-electron chi connectivity index (χ1n) is 11.5. The van der Waals surface area contributed by atoms with Crippen LogP contribution in [0.1, 0.15) is 46.4 Å². The fourth-order valence-electron chi connectivity index (χ4n) is 4.54. The van der Waals surface area contributed by atoms with Gasteiger partial charge in [0.25, 0.3) is 0 Å². The number of piperidine rings is 1. The van der Waals surface area contributed by atoms with Crippen molar-refractivity contribution >= 4 is 29.4 Å². The maximum atomic E-state index is 13.3. The van der Waals surface area contributed by atoms with Crippen molar-refractivity contribution in [2.45, 2.75) is 52.1 Å². The quantitative estimate of drug-likeness (QED) is 0.592. The van der Waals surface area contributed by atoms with Crippen molar-refractivity contribution in [2.75, 3.05) is 31.7 Å². The van der Waals surface area contributed by atoms with E-state index in [1.807, 2.05) is 26.8 Å². The lowest BCUT2D eigenvalue weighted by Gasteiger charge is -2.49. The van der Waals surface area contributed by atoms with Crippen LogP contribution in [-0.4, -0.2) is 85.5 Å². The largest absolute Gasteiger partial charge is 0.343 e. The molecule has 2 aliphatic rings. The van der Waals surface area contributed by atoms with E-state index in [-0.39, 0.29) is 35.0 Å². The minimum atomic E-state index is -0.957. The molecule has 2 saturated heterocycles. The van der Waals surface area contributed by atoms with Gasteiger partial charge in [0.2, 0.25) is 23.6 Å². The molecule has 1 unspecified atom stereocenters. The molecule has 186 valence electrons. The van der Waals surface area contributed by atoms with Crippen LogP contribution >= 0.6 is 0 Å². The Bertz CT molecular complexity index is 1200. The number of fused-ring (bicyclic) bond motifs is 1. The molecule has 1 atom stereocenters. The molecule has 0 aromatic carbocycles. The number of hydrogen-bond donors (Lipinski definition) is 2. The Balaban J connectivity index is 1.55. The number of carbonyl (C=O) groups is 3. The number of hydrazine groups is 1. The minimum Gasteiger partial charge on any atom is -0.343 e. The molecule has 35 heavy (non-hydrogen) atoms. The van der Waals surface area contributed by atoms with Crippen molar-refractivity contribution in [3.63, 3.8) is 0 Å². The van der Waals surface area contributed by atoms with Gasteiger partial charge in [0.1, 0.15) is 17.6 Å². The van der Waals surface area contributed by atoms with Gasteiger partial charge in [0.05, 0.1) is 6.20 Å². The zero-order chi connectivity index (χ0) is 25.5.